The third-order valence-corrected chi connectivity index (χ3v) is 2.49. The minimum Gasteiger partial charge on any atom is -0.366 e. The van der Waals surface area contributed by atoms with Crippen molar-refractivity contribution >= 4 is 11.7 Å². The second-order valence-electron chi connectivity index (χ2n) is 4.21. The molecule has 0 spiro atoms. The predicted octanol–water partition coefficient (Wildman–Crippen LogP) is 2.97. The monoisotopic (exact) mass is 267 g/mol. The van der Waals surface area contributed by atoms with Gasteiger partial charge in [-0.25, -0.2) is 0 Å². The Morgan fingerprint density at radius 3 is 1.40 bits per heavy atom. The molecule has 0 radical (unpaired) electrons. The van der Waals surface area contributed by atoms with Gasteiger partial charge in [0.05, 0.1) is 0 Å². The average Bonchev–Trinajstić information content (AvgIpc) is 2.49. The number of nitrogens with two attached hydrogens (primary N) is 1. The van der Waals surface area contributed by atoms with Crippen LogP contribution in [0.4, 0.5) is 0 Å². The first-order valence-electron chi connectivity index (χ1n) is 6.12. The Hall–Kier alpha value is -2.68. The van der Waals surface area contributed by atoms with Crippen molar-refractivity contribution in [3.05, 3.63) is 83.9 Å². The van der Waals surface area contributed by atoms with Crippen molar-refractivity contribution in [2.75, 3.05) is 0 Å². The van der Waals surface area contributed by atoms with E-state index in [9.17, 15) is 9.59 Å². The Kier molecular flexibility index (Phi) is 5.91. The van der Waals surface area contributed by atoms with Crippen LogP contribution in [0.15, 0.2) is 72.8 Å². The molecule has 0 fully saturated rings. The fourth-order valence-electron chi connectivity index (χ4n) is 1.35. The lowest BCUT2D eigenvalue weighted by Gasteiger charge is -1.99. The van der Waals surface area contributed by atoms with Crippen molar-refractivity contribution in [3.63, 3.8) is 0 Å². The van der Waals surface area contributed by atoms with E-state index in [2.05, 4.69) is 6.58 Å². The van der Waals surface area contributed by atoms with Crippen LogP contribution in [0.5, 0.6) is 0 Å². The third-order valence-electron chi connectivity index (χ3n) is 2.49. The number of rotatable bonds is 3. The van der Waals surface area contributed by atoms with Crippen LogP contribution in [0.25, 0.3) is 0 Å². The van der Waals surface area contributed by atoms with E-state index >= 15 is 0 Å². The zero-order chi connectivity index (χ0) is 15.0. The molecule has 0 aliphatic carbocycles. The van der Waals surface area contributed by atoms with Gasteiger partial charge < -0.3 is 5.73 Å². The van der Waals surface area contributed by atoms with E-state index in [1.165, 1.54) is 0 Å². The quantitative estimate of drug-likeness (QED) is 0.686. The molecule has 2 N–H and O–H groups in total. The molecule has 2 rings (SSSR count). The molecule has 3 nitrogen and oxygen atoms in total. The van der Waals surface area contributed by atoms with E-state index in [1.54, 1.807) is 6.92 Å². The predicted molar refractivity (Wildman–Crippen MR) is 80.3 cm³/mol. The van der Waals surface area contributed by atoms with Gasteiger partial charge in [-0.1, -0.05) is 67.2 Å². The van der Waals surface area contributed by atoms with Gasteiger partial charge in [-0.2, -0.15) is 0 Å². The molecule has 1 amide bonds. The minimum atomic E-state index is -0.435. The number of hydrogen-bond donors (Lipinski definition) is 1. The van der Waals surface area contributed by atoms with Gasteiger partial charge in [0.1, 0.15) is 0 Å². The molecule has 102 valence electrons. The first-order chi connectivity index (χ1) is 9.52. The second-order valence-corrected chi connectivity index (χ2v) is 4.21. The summed E-state index contributed by atoms with van der Waals surface area (Å²) >= 11 is 0. The van der Waals surface area contributed by atoms with Crippen LogP contribution in [0.3, 0.4) is 0 Å². The van der Waals surface area contributed by atoms with Gasteiger partial charge in [-0.05, 0) is 6.92 Å². The molecule has 3 heteroatoms. The van der Waals surface area contributed by atoms with E-state index in [0.717, 1.165) is 11.1 Å². The van der Waals surface area contributed by atoms with Crippen molar-refractivity contribution in [2.24, 2.45) is 5.73 Å². The van der Waals surface area contributed by atoms with Crippen LogP contribution in [0.2, 0.25) is 0 Å². The summed E-state index contributed by atoms with van der Waals surface area (Å²) < 4.78 is 0. The molecule has 0 heterocycles. The fraction of sp³-hybridized carbons (Fsp3) is 0.0588. The van der Waals surface area contributed by atoms with Crippen LogP contribution in [0, 0.1) is 0 Å². The molecule has 0 aliphatic heterocycles. The van der Waals surface area contributed by atoms with Gasteiger partial charge in [0.25, 0.3) is 0 Å². The highest BCUT2D eigenvalue weighted by atomic mass is 16.1. The summed E-state index contributed by atoms with van der Waals surface area (Å²) in [6, 6.07) is 18.6. The topological polar surface area (TPSA) is 60.2 Å². The van der Waals surface area contributed by atoms with E-state index < -0.39 is 5.91 Å². The van der Waals surface area contributed by atoms with Gasteiger partial charge >= 0.3 is 0 Å². The Labute approximate surface area is 118 Å². The van der Waals surface area contributed by atoms with E-state index in [1.807, 2.05) is 60.7 Å². The van der Waals surface area contributed by atoms with Crippen molar-refractivity contribution in [3.8, 4) is 0 Å². The zero-order valence-electron chi connectivity index (χ0n) is 11.4. The molecular formula is C17H17NO2. The number of ketones is 1. The molecule has 0 aromatic heterocycles. The summed E-state index contributed by atoms with van der Waals surface area (Å²) in [6.07, 6.45) is 0. The minimum absolute atomic E-state index is 0.0752. The third kappa shape index (κ3) is 4.90. The first kappa shape index (κ1) is 15.4. The van der Waals surface area contributed by atoms with Crippen molar-refractivity contribution in [1.82, 2.24) is 0 Å². The summed E-state index contributed by atoms with van der Waals surface area (Å²) in [6.45, 7) is 4.85. The summed E-state index contributed by atoms with van der Waals surface area (Å²) in [5.74, 6) is -0.360. The van der Waals surface area contributed by atoms with Crippen LogP contribution >= 0.6 is 0 Å². The number of carbonyl (C=O) groups is 2. The van der Waals surface area contributed by atoms with Crippen LogP contribution < -0.4 is 5.73 Å². The molecular weight excluding hydrogens is 250 g/mol. The van der Waals surface area contributed by atoms with Crippen LogP contribution in [-0.2, 0) is 4.79 Å². The maximum atomic E-state index is 11.8. The fourth-order valence-corrected chi connectivity index (χ4v) is 1.35. The molecule has 0 atom stereocenters. The van der Waals surface area contributed by atoms with E-state index in [0.29, 0.717) is 5.57 Å². The first-order valence-corrected chi connectivity index (χ1v) is 6.12. The largest absolute Gasteiger partial charge is 0.366 e. The highest BCUT2D eigenvalue weighted by Crippen LogP contribution is 2.08. The van der Waals surface area contributed by atoms with Gasteiger partial charge in [0, 0.05) is 16.7 Å². The van der Waals surface area contributed by atoms with Gasteiger partial charge in [0.15, 0.2) is 5.78 Å². The number of benzene rings is 2. The maximum absolute atomic E-state index is 11.8. The Bertz CT molecular complexity index is 535. The maximum Gasteiger partial charge on any atom is 0.243 e. The molecule has 0 saturated carbocycles. The average molecular weight is 267 g/mol. The van der Waals surface area contributed by atoms with Crippen molar-refractivity contribution in [1.29, 1.82) is 0 Å². The molecule has 0 aliphatic rings. The molecule has 2 aromatic rings. The second kappa shape index (κ2) is 7.69. The van der Waals surface area contributed by atoms with Crippen LogP contribution in [0.1, 0.15) is 22.8 Å². The summed E-state index contributed by atoms with van der Waals surface area (Å²) in [4.78, 5) is 21.7. The number of primary amides is 1. The standard InChI is InChI=1S/C13H10O.C4H7NO/c14-13(11-7-3-1-4-8-11)12-9-5-2-6-10-12;1-3(2)4(5)6/h1-10H;1H2,2H3,(H2,5,6). The lowest BCUT2D eigenvalue weighted by molar-refractivity contribution is -0.114. The SMILES string of the molecule is C=C(C)C(N)=O.O=C(c1ccccc1)c1ccccc1. The number of amides is 1. The lowest BCUT2D eigenvalue weighted by atomic mass is 10.0. The highest BCUT2D eigenvalue weighted by molar-refractivity contribution is 6.08. The normalized spacial score (nSPS) is 9.05. The smallest absolute Gasteiger partial charge is 0.243 e. The highest BCUT2D eigenvalue weighted by Gasteiger charge is 2.06. The van der Waals surface area contributed by atoms with Gasteiger partial charge in [-0.15, -0.1) is 0 Å². The lowest BCUT2D eigenvalue weighted by Crippen LogP contribution is -2.10. The Balaban J connectivity index is 0.000000286. The molecule has 0 unspecified atom stereocenters. The molecule has 0 saturated heterocycles. The van der Waals surface area contributed by atoms with E-state index in [-0.39, 0.29) is 5.78 Å². The molecule has 0 bridgehead atoms. The Morgan fingerprint density at radius 1 is 0.850 bits per heavy atom. The van der Waals surface area contributed by atoms with Crippen molar-refractivity contribution < 1.29 is 9.59 Å². The summed E-state index contributed by atoms with van der Waals surface area (Å²) in [5.41, 5.74) is 6.56. The Morgan fingerprint density at radius 2 is 1.15 bits per heavy atom. The zero-order valence-corrected chi connectivity index (χ0v) is 11.4. The number of carbonyl (C=O) groups excluding carboxylic acids is 2. The van der Waals surface area contributed by atoms with E-state index in [4.69, 9.17) is 5.73 Å². The molecule has 2 aromatic carbocycles. The van der Waals surface area contributed by atoms with Gasteiger partial charge in [-0.3, -0.25) is 9.59 Å². The number of hydrogen-bond acceptors (Lipinski definition) is 2. The summed E-state index contributed by atoms with van der Waals surface area (Å²) in [7, 11) is 0. The van der Waals surface area contributed by atoms with Crippen LogP contribution in [-0.4, -0.2) is 11.7 Å². The van der Waals surface area contributed by atoms with Crippen molar-refractivity contribution in [2.45, 2.75) is 6.92 Å². The van der Waals surface area contributed by atoms with Gasteiger partial charge in [0.2, 0.25) is 5.91 Å². The summed E-state index contributed by atoms with van der Waals surface area (Å²) in [5, 5.41) is 0. The molecule has 20 heavy (non-hydrogen) atoms.